The van der Waals surface area contributed by atoms with Crippen molar-refractivity contribution in [3.63, 3.8) is 0 Å². The molecule has 0 aliphatic carbocycles. The second-order valence-corrected chi connectivity index (χ2v) is 5.56. The van der Waals surface area contributed by atoms with Crippen LogP contribution in [0.5, 0.6) is 0 Å². The maximum atomic E-state index is 11.7. The molecule has 2 aromatic carbocycles. The van der Waals surface area contributed by atoms with Gasteiger partial charge in [0.2, 0.25) is 0 Å². The van der Waals surface area contributed by atoms with E-state index in [-0.39, 0.29) is 5.91 Å². The predicted molar refractivity (Wildman–Crippen MR) is 89.8 cm³/mol. The Morgan fingerprint density at radius 2 is 1.82 bits per heavy atom. The number of nitrogens with zero attached hydrogens (tertiary/aromatic N) is 1. The van der Waals surface area contributed by atoms with Crippen molar-refractivity contribution >= 4 is 17.3 Å². The zero-order chi connectivity index (χ0) is 15.5. The van der Waals surface area contributed by atoms with E-state index in [0.29, 0.717) is 11.6 Å². The van der Waals surface area contributed by atoms with E-state index in [1.54, 1.807) is 7.05 Å². The van der Waals surface area contributed by atoms with E-state index in [1.165, 1.54) is 11.3 Å². The van der Waals surface area contributed by atoms with Crippen molar-refractivity contribution in [3.05, 3.63) is 59.7 Å². The average molecular weight is 295 g/mol. The highest BCUT2D eigenvalue weighted by molar-refractivity contribution is 5.94. The van der Waals surface area contributed by atoms with Crippen LogP contribution in [0.4, 0.5) is 11.4 Å². The first-order valence-corrected chi connectivity index (χ1v) is 7.58. The number of fused-ring (bicyclic) bond motifs is 1. The van der Waals surface area contributed by atoms with Gasteiger partial charge in [-0.3, -0.25) is 4.79 Å². The zero-order valence-electron chi connectivity index (χ0n) is 13.0. The van der Waals surface area contributed by atoms with E-state index in [1.807, 2.05) is 31.3 Å². The molecule has 0 aromatic heterocycles. The van der Waals surface area contributed by atoms with Gasteiger partial charge in [0.15, 0.2) is 0 Å². The van der Waals surface area contributed by atoms with Crippen molar-refractivity contribution in [2.45, 2.75) is 12.5 Å². The van der Waals surface area contributed by atoms with Crippen LogP contribution in [-0.4, -0.2) is 32.6 Å². The highest BCUT2D eigenvalue weighted by Gasteiger charge is 2.24. The first-order valence-electron chi connectivity index (χ1n) is 7.58. The van der Waals surface area contributed by atoms with Crippen LogP contribution in [0.1, 0.15) is 15.9 Å². The molecule has 4 nitrogen and oxygen atoms in total. The van der Waals surface area contributed by atoms with Gasteiger partial charge < -0.3 is 15.5 Å². The highest BCUT2D eigenvalue weighted by Crippen LogP contribution is 2.33. The molecule has 0 fully saturated rings. The fraction of sp³-hybridized carbons (Fsp3) is 0.278. The first-order chi connectivity index (χ1) is 10.7. The van der Waals surface area contributed by atoms with Gasteiger partial charge in [-0.1, -0.05) is 18.2 Å². The molecule has 0 bridgehead atoms. The molecule has 1 atom stereocenters. The summed E-state index contributed by atoms with van der Waals surface area (Å²) >= 11 is 0. The lowest BCUT2D eigenvalue weighted by molar-refractivity contribution is 0.0963. The summed E-state index contributed by atoms with van der Waals surface area (Å²) in [6, 6.07) is 16.7. The normalized spacial score (nSPS) is 17.0. The molecule has 114 valence electrons. The van der Waals surface area contributed by atoms with E-state index < -0.39 is 0 Å². The molecule has 2 aromatic rings. The molecule has 0 saturated heterocycles. The largest absolute Gasteiger partial charge is 0.355 e. The van der Waals surface area contributed by atoms with E-state index in [9.17, 15) is 4.79 Å². The zero-order valence-corrected chi connectivity index (χ0v) is 13.0. The molecule has 1 aliphatic rings. The summed E-state index contributed by atoms with van der Waals surface area (Å²) < 4.78 is 0. The molecule has 1 unspecified atom stereocenters. The number of nitrogens with one attached hydrogen (secondary N) is 2. The maximum Gasteiger partial charge on any atom is 0.251 e. The fourth-order valence-electron chi connectivity index (χ4n) is 2.97. The van der Waals surface area contributed by atoms with Gasteiger partial charge in [-0.15, -0.1) is 0 Å². The SMILES string of the molecule is CNC(=O)c1ccc(N2CC(NC)Cc3ccccc32)cc1. The summed E-state index contributed by atoms with van der Waals surface area (Å²) in [5, 5.41) is 6.03. The van der Waals surface area contributed by atoms with Crippen LogP contribution in [0.25, 0.3) is 0 Å². The van der Waals surface area contributed by atoms with Crippen molar-refractivity contribution in [3.8, 4) is 0 Å². The Kier molecular flexibility index (Phi) is 4.11. The lowest BCUT2D eigenvalue weighted by Gasteiger charge is -2.36. The third-order valence-corrected chi connectivity index (χ3v) is 4.23. The lowest BCUT2D eigenvalue weighted by Crippen LogP contribution is -2.42. The second kappa shape index (κ2) is 6.20. The van der Waals surface area contributed by atoms with Crippen molar-refractivity contribution in [2.75, 3.05) is 25.5 Å². The monoisotopic (exact) mass is 295 g/mol. The Bertz CT molecular complexity index is 666. The van der Waals surface area contributed by atoms with Crippen LogP contribution in [0.15, 0.2) is 48.5 Å². The Hall–Kier alpha value is -2.33. The van der Waals surface area contributed by atoms with Gasteiger partial charge in [0.1, 0.15) is 0 Å². The maximum absolute atomic E-state index is 11.7. The number of rotatable bonds is 3. The number of hydrogen-bond acceptors (Lipinski definition) is 3. The molecular weight excluding hydrogens is 274 g/mol. The summed E-state index contributed by atoms with van der Waals surface area (Å²) in [7, 11) is 3.65. The molecular formula is C18H21N3O. The van der Waals surface area contributed by atoms with Crippen LogP contribution in [0.3, 0.4) is 0 Å². The number of anilines is 2. The first kappa shape index (κ1) is 14.6. The predicted octanol–water partition coefficient (Wildman–Crippen LogP) is 2.33. The van der Waals surface area contributed by atoms with E-state index in [0.717, 1.165) is 18.7 Å². The molecule has 1 heterocycles. The number of amides is 1. The summed E-state index contributed by atoms with van der Waals surface area (Å²) in [6.45, 7) is 0.923. The quantitative estimate of drug-likeness (QED) is 0.913. The van der Waals surface area contributed by atoms with Crippen LogP contribution < -0.4 is 15.5 Å². The molecule has 1 aliphatic heterocycles. The fourth-order valence-corrected chi connectivity index (χ4v) is 2.97. The van der Waals surface area contributed by atoms with E-state index in [4.69, 9.17) is 0 Å². The molecule has 2 N–H and O–H groups in total. The highest BCUT2D eigenvalue weighted by atomic mass is 16.1. The summed E-state index contributed by atoms with van der Waals surface area (Å²) in [6.07, 6.45) is 1.04. The number of carbonyl (C=O) groups excluding carboxylic acids is 1. The Labute approximate surface area is 131 Å². The summed E-state index contributed by atoms with van der Waals surface area (Å²) in [4.78, 5) is 14.0. The third kappa shape index (κ3) is 2.70. The van der Waals surface area contributed by atoms with Crippen molar-refractivity contribution in [1.29, 1.82) is 0 Å². The van der Waals surface area contributed by atoms with Gasteiger partial charge >= 0.3 is 0 Å². The van der Waals surface area contributed by atoms with Gasteiger partial charge in [-0.05, 0) is 49.4 Å². The number of para-hydroxylation sites is 1. The summed E-state index contributed by atoms with van der Waals surface area (Å²) in [5.74, 6) is -0.0568. The van der Waals surface area contributed by atoms with E-state index in [2.05, 4.69) is 39.8 Å². The molecule has 0 saturated carbocycles. The van der Waals surface area contributed by atoms with E-state index >= 15 is 0 Å². The Morgan fingerprint density at radius 3 is 2.50 bits per heavy atom. The molecule has 22 heavy (non-hydrogen) atoms. The standard InChI is InChI=1S/C18H21N3O/c1-19-15-11-14-5-3-4-6-17(14)21(12-15)16-9-7-13(8-10-16)18(22)20-2/h3-10,15,19H,11-12H2,1-2H3,(H,20,22). The number of carbonyl (C=O) groups is 1. The van der Waals surface area contributed by atoms with Gasteiger partial charge in [0.25, 0.3) is 5.91 Å². The average Bonchev–Trinajstić information content (AvgIpc) is 2.60. The van der Waals surface area contributed by atoms with Gasteiger partial charge in [-0.25, -0.2) is 0 Å². The van der Waals surface area contributed by atoms with Crippen LogP contribution >= 0.6 is 0 Å². The molecule has 0 radical (unpaired) electrons. The van der Waals surface area contributed by atoms with Crippen LogP contribution in [0.2, 0.25) is 0 Å². The second-order valence-electron chi connectivity index (χ2n) is 5.56. The van der Waals surface area contributed by atoms with Gasteiger partial charge in [-0.2, -0.15) is 0 Å². The topological polar surface area (TPSA) is 44.4 Å². The van der Waals surface area contributed by atoms with Gasteiger partial charge in [0, 0.05) is 36.6 Å². The minimum absolute atomic E-state index is 0.0568. The van der Waals surface area contributed by atoms with Crippen molar-refractivity contribution in [1.82, 2.24) is 10.6 Å². The van der Waals surface area contributed by atoms with Crippen molar-refractivity contribution in [2.24, 2.45) is 0 Å². The molecule has 4 heteroatoms. The van der Waals surface area contributed by atoms with Crippen LogP contribution in [-0.2, 0) is 6.42 Å². The van der Waals surface area contributed by atoms with Crippen LogP contribution in [0, 0.1) is 0 Å². The summed E-state index contributed by atoms with van der Waals surface area (Å²) in [5.41, 5.74) is 4.40. The van der Waals surface area contributed by atoms with Crippen molar-refractivity contribution < 1.29 is 4.79 Å². The minimum Gasteiger partial charge on any atom is -0.355 e. The minimum atomic E-state index is -0.0568. The smallest absolute Gasteiger partial charge is 0.251 e. The number of benzene rings is 2. The lowest BCUT2D eigenvalue weighted by atomic mass is 9.97. The number of hydrogen-bond donors (Lipinski definition) is 2. The Morgan fingerprint density at radius 1 is 1.09 bits per heavy atom. The molecule has 0 spiro atoms. The third-order valence-electron chi connectivity index (χ3n) is 4.23. The Balaban J connectivity index is 1.95. The number of likely N-dealkylation sites (N-methyl/N-ethyl adjacent to an activating group) is 1. The molecule has 1 amide bonds. The molecule has 3 rings (SSSR count). The van der Waals surface area contributed by atoms with Gasteiger partial charge in [0.05, 0.1) is 0 Å².